The zero-order valence-electron chi connectivity index (χ0n) is 16.1. The molecule has 6 nitrogen and oxygen atoms in total. The second-order valence-electron chi connectivity index (χ2n) is 6.93. The first-order chi connectivity index (χ1) is 14.0. The van der Waals surface area contributed by atoms with Crippen LogP contribution in [-0.2, 0) is 14.8 Å². The van der Waals surface area contributed by atoms with E-state index in [1.54, 1.807) is 30.3 Å². The van der Waals surface area contributed by atoms with E-state index in [1.807, 2.05) is 12.1 Å². The van der Waals surface area contributed by atoms with Gasteiger partial charge in [0.1, 0.15) is 6.54 Å². The Labute approximate surface area is 185 Å². The molecule has 1 amide bonds. The third-order valence-electron chi connectivity index (χ3n) is 4.75. The van der Waals surface area contributed by atoms with Gasteiger partial charge < -0.3 is 0 Å². The molecule has 0 atom stereocenters. The SMILES string of the molecule is O=C(CN(c1ccc(I)cc1)S(=O)(=O)c1ccccc1)NN=C1CCCCCC1. The lowest BCUT2D eigenvalue weighted by Crippen LogP contribution is -2.39. The van der Waals surface area contributed by atoms with Crippen LogP contribution in [0.1, 0.15) is 38.5 Å². The molecule has 0 bridgehead atoms. The van der Waals surface area contributed by atoms with Crippen molar-refractivity contribution in [2.24, 2.45) is 5.10 Å². The number of amides is 1. The Kier molecular flexibility index (Phi) is 7.65. The molecule has 1 N–H and O–H groups in total. The van der Waals surface area contributed by atoms with Crippen LogP contribution in [0, 0.1) is 3.57 Å². The van der Waals surface area contributed by atoms with Crippen molar-refractivity contribution in [1.82, 2.24) is 5.43 Å². The van der Waals surface area contributed by atoms with Gasteiger partial charge in [0.05, 0.1) is 10.6 Å². The van der Waals surface area contributed by atoms with Crippen LogP contribution < -0.4 is 9.73 Å². The van der Waals surface area contributed by atoms with Gasteiger partial charge in [0.15, 0.2) is 0 Å². The van der Waals surface area contributed by atoms with Crippen molar-refractivity contribution in [3.05, 3.63) is 58.2 Å². The molecule has 0 spiro atoms. The third kappa shape index (κ3) is 6.02. The second-order valence-corrected chi connectivity index (χ2v) is 10.0. The summed E-state index contributed by atoms with van der Waals surface area (Å²) in [5.41, 5.74) is 3.97. The Morgan fingerprint density at radius 2 is 1.59 bits per heavy atom. The number of rotatable bonds is 6. The summed E-state index contributed by atoms with van der Waals surface area (Å²) in [6.07, 6.45) is 6.27. The van der Waals surface area contributed by atoms with Gasteiger partial charge in [0, 0.05) is 9.28 Å². The first-order valence-corrected chi connectivity index (χ1v) is 12.2. The number of hydrogen-bond acceptors (Lipinski definition) is 4. The molecular formula is C21H24IN3O3S. The van der Waals surface area contributed by atoms with Crippen LogP contribution in [0.4, 0.5) is 5.69 Å². The number of carbonyl (C=O) groups is 1. The van der Waals surface area contributed by atoms with E-state index in [0.29, 0.717) is 5.69 Å². The molecule has 0 radical (unpaired) electrons. The zero-order valence-corrected chi connectivity index (χ0v) is 19.0. The number of hydrogen-bond donors (Lipinski definition) is 1. The summed E-state index contributed by atoms with van der Waals surface area (Å²) in [6, 6.07) is 15.2. The molecule has 1 aliphatic rings. The largest absolute Gasteiger partial charge is 0.271 e. The molecule has 1 aliphatic carbocycles. The molecule has 0 saturated heterocycles. The highest BCUT2D eigenvalue weighted by molar-refractivity contribution is 14.1. The van der Waals surface area contributed by atoms with Gasteiger partial charge in [-0.3, -0.25) is 9.10 Å². The van der Waals surface area contributed by atoms with Gasteiger partial charge in [-0.2, -0.15) is 5.10 Å². The molecule has 0 unspecified atom stereocenters. The van der Waals surface area contributed by atoms with E-state index in [1.165, 1.54) is 25.0 Å². The van der Waals surface area contributed by atoms with Gasteiger partial charge in [-0.05, 0) is 84.7 Å². The van der Waals surface area contributed by atoms with Crippen molar-refractivity contribution in [2.75, 3.05) is 10.8 Å². The molecule has 1 fully saturated rings. The molecule has 3 rings (SSSR count). The summed E-state index contributed by atoms with van der Waals surface area (Å²) >= 11 is 2.15. The maximum atomic E-state index is 13.2. The molecule has 2 aromatic carbocycles. The second kappa shape index (κ2) is 10.2. The molecule has 0 aromatic heterocycles. The smallest absolute Gasteiger partial charge is 0.264 e. The average Bonchev–Trinajstić information content (AvgIpc) is 3.01. The van der Waals surface area contributed by atoms with Crippen LogP contribution in [0.3, 0.4) is 0 Å². The minimum absolute atomic E-state index is 0.140. The highest BCUT2D eigenvalue weighted by Gasteiger charge is 2.27. The molecule has 8 heteroatoms. The number of nitrogens with zero attached hydrogens (tertiary/aromatic N) is 2. The predicted molar refractivity (Wildman–Crippen MR) is 123 cm³/mol. The van der Waals surface area contributed by atoms with Crippen molar-refractivity contribution in [3.63, 3.8) is 0 Å². The summed E-state index contributed by atoms with van der Waals surface area (Å²) in [4.78, 5) is 12.7. The highest BCUT2D eigenvalue weighted by atomic mass is 127. The Bertz CT molecular complexity index is 950. The van der Waals surface area contributed by atoms with E-state index in [-0.39, 0.29) is 11.4 Å². The Hall–Kier alpha value is -1.94. The lowest BCUT2D eigenvalue weighted by molar-refractivity contribution is -0.119. The quantitative estimate of drug-likeness (QED) is 0.347. The van der Waals surface area contributed by atoms with Crippen molar-refractivity contribution < 1.29 is 13.2 Å². The van der Waals surface area contributed by atoms with E-state index in [4.69, 9.17) is 0 Å². The fourth-order valence-corrected chi connectivity index (χ4v) is 5.00. The fraction of sp³-hybridized carbons (Fsp3) is 0.333. The topological polar surface area (TPSA) is 78.8 Å². The van der Waals surface area contributed by atoms with Gasteiger partial charge in [0.25, 0.3) is 15.9 Å². The van der Waals surface area contributed by atoms with Gasteiger partial charge in [-0.25, -0.2) is 13.8 Å². The molecule has 0 aliphatic heterocycles. The molecular weight excluding hydrogens is 501 g/mol. The Morgan fingerprint density at radius 1 is 0.966 bits per heavy atom. The van der Waals surface area contributed by atoms with E-state index in [2.05, 4.69) is 33.1 Å². The van der Waals surface area contributed by atoms with Crippen molar-refractivity contribution in [2.45, 2.75) is 43.4 Å². The number of halogens is 1. The van der Waals surface area contributed by atoms with E-state index < -0.39 is 15.9 Å². The van der Waals surface area contributed by atoms with Crippen molar-refractivity contribution >= 4 is 49.9 Å². The van der Waals surface area contributed by atoms with Crippen LogP contribution in [0.25, 0.3) is 0 Å². The Balaban J connectivity index is 1.82. The van der Waals surface area contributed by atoms with Crippen molar-refractivity contribution in [1.29, 1.82) is 0 Å². The molecule has 154 valence electrons. The number of hydrazone groups is 1. The van der Waals surface area contributed by atoms with E-state index in [9.17, 15) is 13.2 Å². The molecule has 1 saturated carbocycles. The minimum atomic E-state index is -3.89. The van der Waals surface area contributed by atoms with Gasteiger partial charge >= 0.3 is 0 Å². The third-order valence-corrected chi connectivity index (χ3v) is 7.26. The van der Waals surface area contributed by atoms with Crippen LogP contribution in [-0.4, -0.2) is 26.6 Å². The van der Waals surface area contributed by atoms with Gasteiger partial charge in [0.2, 0.25) is 0 Å². The normalized spacial score (nSPS) is 14.7. The summed E-state index contributed by atoms with van der Waals surface area (Å²) < 4.78 is 28.5. The molecule has 0 heterocycles. The van der Waals surface area contributed by atoms with Crippen LogP contribution in [0.5, 0.6) is 0 Å². The maximum absolute atomic E-state index is 13.2. The number of anilines is 1. The number of nitrogens with one attached hydrogen (secondary N) is 1. The minimum Gasteiger partial charge on any atom is -0.271 e. The van der Waals surface area contributed by atoms with Gasteiger partial charge in [-0.15, -0.1) is 0 Å². The van der Waals surface area contributed by atoms with Crippen LogP contribution in [0.15, 0.2) is 64.6 Å². The van der Waals surface area contributed by atoms with Gasteiger partial charge in [-0.1, -0.05) is 31.0 Å². The summed E-state index contributed by atoms with van der Waals surface area (Å²) in [7, 11) is -3.89. The lowest BCUT2D eigenvalue weighted by atomic mass is 10.2. The first-order valence-electron chi connectivity index (χ1n) is 9.64. The maximum Gasteiger partial charge on any atom is 0.264 e. The van der Waals surface area contributed by atoms with Crippen LogP contribution in [0.2, 0.25) is 0 Å². The Morgan fingerprint density at radius 3 is 2.21 bits per heavy atom. The summed E-state index contributed by atoms with van der Waals surface area (Å²) in [5, 5.41) is 4.25. The van der Waals surface area contributed by atoms with Crippen LogP contribution >= 0.6 is 22.6 Å². The van der Waals surface area contributed by atoms with Crippen molar-refractivity contribution in [3.8, 4) is 0 Å². The number of sulfonamides is 1. The average molecular weight is 525 g/mol. The fourth-order valence-electron chi connectivity index (χ4n) is 3.20. The predicted octanol–water partition coefficient (Wildman–Crippen LogP) is 4.31. The number of carbonyl (C=O) groups excluding carboxylic acids is 1. The standard InChI is InChI=1S/C21H24IN3O3S/c22-17-12-14-19(15-13-17)25(29(27,28)20-10-6-3-7-11-20)16-21(26)24-23-18-8-4-1-2-5-9-18/h3,6-7,10-15H,1-2,4-5,8-9,16H2,(H,24,26). The molecule has 2 aromatic rings. The van der Waals surface area contributed by atoms with E-state index >= 15 is 0 Å². The molecule has 29 heavy (non-hydrogen) atoms. The summed E-state index contributed by atoms with van der Waals surface area (Å²) in [6.45, 7) is -0.339. The number of benzene rings is 2. The van der Waals surface area contributed by atoms with E-state index in [0.717, 1.165) is 39.3 Å². The summed E-state index contributed by atoms with van der Waals surface area (Å²) in [5.74, 6) is -0.459. The zero-order chi connectivity index (χ0) is 20.7. The monoisotopic (exact) mass is 525 g/mol. The lowest BCUT2D eigenvalue weighted by Gasteiger charge is -2.23. The highest BCUT2D eigenvalue weighted by Crippen LogP contribution is 2.24. The first kappa shape index (κ1) is 21.8.